The van der Waals surface area contributed by atoms with Crippen LogP contribution in [0.1, 0.15) is 37.9 Å². The highest BCUT2D eigenvalue weighted by Crippen LogP contribution is 2.24. The predicted octanol–water partition coefficient (Wildman–Crippen LogP) is 3.51. The number of hydrogen-bond donors (Lipinski definition) is 2. The van der Waals surface area contributed by atoms with E-state index < -0.39 is 0 Å². The van der Waals surface area contributed by atoms with Gasteiger partial charge < -0.3 is 19.7 Å². The molecule has 2 heterocycles. The fraction of sp³-hybridized carbons (Fsp3) is 0.429. The molecule has 1 saturated carbocycles. The first-order valence-corrected chi connectivity index (χ1v) is 11.2. The van der Waals surface area contributed by atoms with Crippen molar-refractivity contribution in [2.24, 2.45) is 0 Å². The lowest BCUT2D eigenvalue weighted by atomic mass is 9.95. The summed E-state index contributed by atoms with van der Waals surface area (Å²) in [6.45, 7) is 1.95. The molecule has 0 atom stereocenters. The predicted molar refractivity (Wildman–Crippen MR) is 115 cm³/mol. The zero-order valence-electron chi connectivity index (χ0n) is 16.9. The summed E-state index contributed by atoms with van der Waals surface area (Å²) < 4.78 is 6.84. The molecular formula is C21H25N5O3S. The third kappa shape index (κ3) is 5.02. The Labute approximate surface area is 178 Å². The average Bonchev–Trinajstić information content (AvgIpc) is 3.30. The van der Waals surface area contributed by atoms with E-state index in [4.69, 9.17) is 4.52 Å². The minimum atomic E-state index is -0.210. The fourth-order valence-electron chi connectivity index (χ4n) is 3.71. The third-order valence-corrected chi connectivity index (χ3v) is 6.10. The van der Waals surface area contributed by atoms with Crippen molar-refractivity contribution >= 4 is 40.4 Å². The molecule has 1 aliphatic rings. The maximum atomic E-state index is 12.7. The second-order valence-electron chi connectivity index (χ2n) is 7.53. The minimum Gasteiger partial charge on any atom is -0.360 e. The zero-order valence-corrected chi connectivity index (χ0v) is 17.7. The second-order valence-corrected chi connectivity index (χ2v) is 8.47. The lowest BCUT2D eigenvalue weighted by Gasteiger charge is -2.23. The smallest absolute Gasteiger partial charge is 0.240 e. The van der Waals surface area contributed by atoms with Gasteiger partial charge in [-0.2, -0.15) is 0 Å². The minimum absolute atomic E-state index is 0.0190. The van der Waals surface area contributed by atoms with Crippen LogP contribution in [-0.4, -0.2) is 38.3 Å². The molecule has 2 N–H and O–H groups in total. The molecule has 1 aliphatic carbocycles. The van der Waals surface area contributed by atoms with Crippen molar-refractivity contribution in [1.82, 2.24) is 20.0 Å². The van der Waals surface area contributed by atoms with Crippen LogP contribution < -0.4 is 10.6 Å². The molecule has 4 rings (SSSR count). The number of para-hydroxylation sites is 2. The number of carbonyl (C=O) groups is 2. The van der Waals surface area contributed by atoms with Crippen LogP contribution in [0, 0.1) is 6.92 Å². The molecule has 1 fully saturated rings. The number of rotatable bonds is 7. The van der Waals surface area contributed by atoms with E-state index in [2.05, 4.69) is 20.8 Å². The van der Waals surface area contributed by atoms with E-state index in [9.17, 15) is 9.59 Å². The van der Waals surface area contributed by atoms with Crippen LogP contribution in [0.15, 0.2) is 40.0 Å². The number of imidazole rings is 1. The fourth-order valence-corrected chi connectivity index (χ4v) is 4.53. The Kier molecular flexibility index (Phi) is 6.37. The SMILES string of the molecule is Cc1cc(NC(=O)CSc2nc3ccccc3n2CC(=O)NC2CCCCC2)no1. The number of hydrogen-bond acceptors (Lipinski definition) is 6. The lowest BCUT2D eigenvalue weighted by molar-refractivity contribution is -0.122. The second kappa shape index (κ2) is 9.34. The van der Waals surface area contributed by atoms with Crippen LogP contribution in [0.25, 0.3) is 11.0 Å². The Morgan fingerprint density at radius 2 is 2.00 bits per heavy atom. The molecule has 3 aromatic rings. The topological polar surface area (TPSA) is 102 Å². The highest BCUT2D eigenvalue weighted by molar-refractivity contribution is 7.99. The number of nitrogens with one attached hydrogen (secondary N) is 2. The van der Waals surface area contributed by atoms with Gasteiger partial charge in [0.05, 0.1) is 16.8 Å². The molecule has 8 nitrogen and oxygen atoms in total. The van der Waals surface area contributed by atoms with Gasteiger partial charge in [0.25, 0.3) is 0 Å². The van der Waals surface area contributed by atoms with Gasteiger partial charge in [-0.1, -0.05) is 48.3 Å². The molecule has 9 heteroatoms. The van der Waals surface area contributed by atoms with Gasteiger partial charge in [-0.05, 0) is 31.9 Å². The molecule has 0 spiro atoms. The first kappa shape index (κ1) is 20.5. The maximum absolute atomic E-state index is 12.7. The summed E-state index contributed by atoms with van der Waals surface area (Å²) in [5.41, 5.74) is 1.68. The molecule has 158 valence electrons. The summed E-state index contributed by atoms with van der Waals surface area (Å²) in [6, 6.07) is 9.61. The first-order chi connectivity index (χ1) is 14.6. The Morgan fingerprint density at radius 1 is 1.20 bits per heavy atom. The summed E-state index contributed by atoms with van der Waals surface area (Å²) in [6.07, 6.45) is 5.66. The molecule has 0 saturated heterocycles. The number of benzene rings is 1. The lowest BCUT2D eigenvalue weighted by Crippen LogP contribution is -2.38. The number of thioether (sulfide) groups is 1. The van der Waals surface area contributed by atoms with Crippen LogP contribution in [0.5, 0.6) is 0 Å². The number of amides is 2. The van der Waals surface area contributed by atoms with Crippen molar-refractivity contribution in [3.05, 3.63) is 36.1 Å². The number of aromatic nitrogens is 3. The van der Waals surface area contributed by atoms with Gasteiger partial charge in [0.1, 0.15) is 12.3 Å². The van der Waals surface area contributed by atoms with Gasteiger partial charge in [-0.15, -0.1) is 0 Å². The number of fused-ring (bicyclic) bond motifs is 1. The normalized spacial score (nSPS) is 14.7. The maximum Gasteiger partial charge on any atom is 0.240 e. The van der Waals surface area contributed by atoms with E-state index in [-0.39, 0.29) is 30.2 Å². The Morgan fingerprint density at radius 3 is 2.77 bits per heavy atom. The summed E-state index contributed by atoms with van der Waals surface area (Å²) in [4.78, 5) is 29.6. The van der Waals surface area contributed by atoms with Crippen LogP contribution in [-0.2, 0) is 16.1 Å². The number of carbonyl (C=O) groups excluding carboxylic acids is 2. The van der Waals surface area contributed by atoms with Crippen LogP contribution in [0.4, 0.5) is 5.82 Å². The van der Waals surface area contributed by atoms with E-state index in [1.54, 1.807) is 13.0 Å². The van der Waals surface area contributed by atoms with E-state index >= 15 is 0 Å². The summed E-state index contributed by atoms with van der Waals surface area (Å²) >= 11 is 1.30. The van der Waals surface area contributed by atoms with Crippen molar-refractivity contribution in [2.75, 3.05) is 11.1 Å². The van der Waals surface area contributed by atoms with Crippen molar-refractivity contribution < 1.29 is 14.1 Å². The van der Waals surface area contributed by atoms with Gasteiger partial charge >= 0.3 is 0 Å². The van der Waals surface area contributed by atoms with Crippen LogP contribution in [0.3, 0.4) is 0 Å². The quantitative estimate of drug-likeness (QED) is 0.560. The molecule has 0 bridgehead atoms. The Balaban J connectivity index is 1.44. The molecule has 0 aliphatic heterocycles. The van der Waals surface area contributed by atoms with E-state index in [0.717, 1.165) is 23.9 Å². The molecule has 2 aromatic heterocycles. The molecular weight excluding hydrogens is 402 g/mol. The van der Waals surface area contributed by atoms with Gasteiger partial charge in [-0.25, -0.2) is 4.98 Å². The highest BCUT2D eigenvalue weighted by Gasteiger charge is 2.19. The molecule has 1 aromatic carbocycles. The third-order valence-electron chi connectivity index (χ3n) is 5.12. The largest absolute Gasteiger partial charge is 0.360 e. The summed E-state index contributed by atoms with van der Waals surface area (Å²) in [5.74, 6) is 0.939. The number of nitrogens with zero attached hydrogens (tertiary/aromatic N) is 3. The van der Waals surface area contributed by atoms with Gasteiger partial charge in [0.2, 0.25) is 11.8 Å². The van der Waals surface area contributed by atoms with Crippen molar-refractivity contribution in [3.8, 4) is 0 Å². The van der Waals surface area contributed by atoms with Crippen molar-refractivity contribution in [2.45, 2.75) is 56.8 Å². The molecule has 2 amide bonds. The van der Waals surface area contributed by atoms with Crippen LogP contribution >= 0.6 is 11.8 Å². The zero-order chi connectivity index (χ0) is 20.9. The molecule has 0 radical (unpaired) electrons. The first-order valence-electron chi connectivity index (χ1n) is 10.2. The molecule has 0 unspecified atom stereocenters. The van der Waals surface area contributed by atoms with E-state index in [1.165, 1.54) is 31.0 Å². The summed E-state index contributed by atoms with van der Waals surface area (Å²) in [7, 11) is 0. The summed E-state index contributed by atoms with van der Waals surface area (Å²) in [5, 5.41) is 10.3. The van der Waals surface area contributed by atoms with Gasteiger partial charge in [-0.3, -0.25) is 9.59 Å². The van der Waals surface area contributed by atoms with E-state index in [0.29, 0.717) is 16.7 Å². The standard InChI is InChI=1S/C21H25N5O3S/c1-14-11-18(25-29-14)24-20(28)13-30-21-23-16-9-5-6-10-17(16)26(21)12-19(27)22-15-7-3-2-4-8-15/h5-6,9-11,15H,2-4,7-8,12-13H2,1H3,(H,22,27)(H,24,25,28). The Hall–Kier alpha value is -2.81. The number of aryl methyl sites for hydroxylation is 1. The number of anilines is 1. The van der Waals surface area contributed by atoms with Crippen molar-refractivity contribution in [1.29, 1.82) is 0 Å². The van der Waals surface area contributed by atoms with Crippen LogP contribution in [0.2, 0.25) is 0 Å². The highest BCUT2D eigenvalue weighted by atomic mass is 32.2. The molecule has 30 heavy (non-hydrogen) atoms. The monoisotopic (exact) mass is 427 g/mol. The van der Waals surface area contributed by atoms with Crippen molar-refractivity contribution in [3.63, 3.8) is 0 Å². The average molecular weight is 428 g/mol. The van der Waals surface area contributed by atoms with Gasteiger partial charge in [0, 0.05) is 12.1 Å². The van der Waals surface area contributed by atoms with Gasteiger partial charge in [0.15, 0.2) is 11.0 Å². The van der Waals surface area contributed by atoms with E-state index in [1.807, 2.05) is 28.8 Å². The Bertz CT molecular complexity index is 1040.